The van der Waals surface area contributed by atoms with E-state index in [2.05, 4.69) is 5.32 Å². The van der Waals surface area contributed by atoms with Gasteiger partial charge in [-0.1, -0.05) is 0 Å². The first-order chi connectivity index (χ1) is 8.54. The molecule has 1 atom stereocenters. The van der Waals surface area contributed by atoms with Gasteiger partial charge in [0.2, 0.25) is 11.4 Å². The number of halogens is 3. The Labute approximate surface area is 106 Å². The summed E-state index contributed by atoms with van der Waals surface area (Å²) in [7, 11) is 1.35. The molecule has 0 bridgehead atoms. The van der Waals surface area contributed by atoms with E-state index in [4.69, 9.17) is 5.11 Å². The van der Waals surface area contributed by atoms with Crippen LogP contribution in [0.15, 0.2) is 0 Å². The number of carbonyl (C=O) groups is 3. The van der Waals surface area contributed by atoms with Crippen LogP contribution in [-0.4, -0.2) is 48.3 Å². The topological polar surface area (TPSA) is 108 Å². The van der Waals surface area contributed by atoms with Gasteiger partial charge in [-0.05, 0) is 6.92 Å². The quantitative estimate of drug-likeness (QED) is 0.562. The third-order valence-corrected chi connectivity index (χ3v) is 2.27. The minimum absolute atomic E-state index is 0.139. The van der Waals surface area contributed by atoms with Crippen molar-refractivity contribution in [2.45, 2.75) is 25.1 Å². The Balaban J connectivity index is 4.51. The monoisotopic (exact) mass is 285 g/mol. The van der Waals surface area contributed by atoms with Crippen LogP contribution in [0, 0.1) is 0 Å². The van der Waals surface area contributed by atoms with Crippen molar-refractivity contribution in [2.75, 3.05) is 13.6 Å². The van der Waals surface area contributed by atoms with Gasteiger partial charge in [-0.25, -0.2) is 9.59 Å². The fourth-order valence-corrected chi connectivity index (χ4v) is 0.931. The molecule has 0 heterocycles. The first kappa shape index (κ1) is 17.0. The van der Waals surface area contributed by atoms with Gasteiger partial charge in [0, 0.05) is 20.0 Å². The molecule has 1 unspecified atom stereocenters. The van der Waals surface area contributed by atoms with Crippen LogP contribution in [-0.2, 0) is 9.59 Å². The highest BCUT2D eigenvalue weighted by atomic mass is 19.4. The van der Waals surface area contributed by atoms with E-state index in [1.807, 2.05) is 5.32 Å². The molecule has 0 aromatic carbocycles. The van der Waals surface area contributed by atoms with Gasteiger partial charge in [-0.2, -0.15) is 13.2 Å². The molecule has 0 radical (unpaired) electrons. The van der Waals surface area contributed by atoms with Crippen molar-refractivity contribution in [1.82, 2.24) is 16.0 Å². The zero-order valence-electron chi connectivity index (χ0n) is 10.2. The van der Waals surface area contributed by atoms with Crippen molar-refractivity contribution < 1.29 is 32.7 Å². The van der Waals surface area contributed by atoms with Gasteiger partial charge >= 0.3 is 18.2 Å². The summed E-state index contributed by atoms with van der Waals surface area (Å²) in [5.74, 6) is -2.65. The number of hydrogen-bond donors (Lipinski definition) is 4. The van der Waals surface area contributed by atoms with Crippen LogP contribution in [0.25, 0.3) is 0 Å². The molecule has 0 aliphatic carbocycles. The molecule has 0 rings (SSSR count). The fourth-order valence-electron chi connectivity index (χ4n) is 0.931. The van der Waals surface area contributed by atoms with E-state index in [0.717, 1.165) is 0 Å². The van der Waals surface area contributed by atoms with Crippen molar-refractivity contribution >= 4 is 17.9 Å². The molecule has 110 valence electrons. The van der Waals surface area contributed by atoms with E-state index in [-0.39, 0.29) is 13.0 Å². The van der Waals surface area contributed by atoms with Crippen LogP contribution >= 0.6 is 0 Å². The number of nitrogens with one attached hydrogen (secondary N) is 3. The minimum atomic E-state index is -5.16. The molecule has 19 heavy (non-hydrogen) atoms. The lowest BCUT2D eigenvalue weighted by Crippen LogP contribution is -2.63. The zero-order valence-corrected chi connectivity index (χ0v) is 10.2. The summed E-state index contributed by atoms with van der Waals surface area (Å²) in [6.45, 7) is 0.104. The summed E-state index contributed by atoms with van der Waals surface area (Å²) < 4.78 is 37.6. The van der Waals surface area contributed by atoms with Gasteiger partial charge in [0.1, 0.15) is 0 Å². The molecule has 0 aliphatic rings. The molecular weight excluding hydrogens is 271 g/mol. The van der Waals surface area contributed by atoms with Gasteiger partial charge in [0.25, 0.3) is 0 Å². The minimum Gasteiger partial charge on any atom is -0.479 e. The van der Waals surface area contributed by atoms with Gasteiger partial charge in [0.05, 0.1) is 0 Å². The summed E-state index contributed by atoms with van der Waals surface area (Å²) >= 11 is 0. The van der Waals surface area contributed by atoms with Crippen LogP contribution in [0.5, 0.6) is 0 Å². The van der Waals surface area contributed by atoms with E-state index < -0.39 is 29.6 Å². The summed E-state index contributed by atoms with van der Waals surface area (Å²) in [6.07, 6.45) is -5.29. The van der Waals surface area contributed by atoms with Crippen molar-refractivity contribution in [2.24, 2.45) is 0 Å². The second kappa shape index (κ2) is 6.25. The third kappa shape index (κ3) is 4.64. The normalized spacial score (nSPS) is 14.2. The van der Waals surface area contributed by atoms with E-state index in [1.165, 1.54) is 12.4 Å². The summed E-state index contributed by atoms with van der Waals surface area (Å²) in [6, 6.07) is -1.33. The summed E-state index contributed by atoms with van der Waals surface area (Å²) in [5, 5.41) is 14.1. The molecule has 0 spiro atoms. The number of carbonyl (C=O) groups excluding carboxylic acids is 2. The van der Waals surface area contributed by atoms with Crippen LogP contribution in [0.3, 0.4) is 0 Å². The maximum Gasteiger partial charge on any atom is 0.422 e. The van der Waals surface area contributed by atoms with Crippen molar-refractivity contribution in [1.29, 1.82) is 0 Å². The van der Waals surface area contributed by atoms with Crippen molar-refractivity contribution in [3.05, 3.63) is 0 Å². The van der Waals surface area contributed by atoms with Crippen molar-refractivity contribution in [3.8, 4) is 0 Å². The summed E-state index contributed by atoms with van der Waals surface area (Å²) in [4.78, 5) is 32.6. The number of aliphatic carboxylic acids is 1. The highest BCUT2D eigenvalue weighted by Crippen LogP contribution is 2.30. The second-order valence-corrected chi connectivity index (χ2v) is 3.73. The average Bonchev–Trinajstić information content (AvgIpc) is 2.26. The lowest BCUT2D eigenvalue weighted by Gasteiger charge is -2.28. The van der Waals surface area contributed by atoms with Gasteiger partial charge in [-0.15, -0.1) is 0 Å². The first-order valence-corrected chi connectivity index (χ1v) is 5.11. The highest BCUT2D eigenvalue weighted by Gasteiger charge is 2.58. The molecule has 7 nitrogen and oxygen atoms in total. The van der Waals surface area contributed by atoms with E-state index in [1.54, 1.807) is 0 Å². The second-order valence-electron chi connectivity index (χ2n) is 3.73. The Bertz CT molecular complexity index is 372. The van der Waals surface area contributed by atoms with Crippen LogP contribution in [0.4, 0.5) is 18.0 Å². The molecular formula is C9H14F3N3O4. The van der Waals surface area contributed by atoms with Gasteiger partial charge in [0.15, 0.2) is 0 Å². The van der Waals surface area contributed by atoms with Crippen molar-refractivity contribution in [3.63, 3.8) is 0 Å². The Hall–Kier alpha value is -2.00. The molecule has 0 saturated heterocycles. The molecule has 0 aromatic rings. The number of alkyl halides is 3. The number of rotatable bonds is 5. The lowest BCUT2D eigenvalue weighted by molar-refractivity contribution is -0.203. The molecule has 0 saturated carbocycles. The predicted molar refractivity (Wildman–Crippen MR) is 57.3 cm³/mol. The lowest BCUT2D eigenvalue weighted by atomic mass is 10.0. The standard InChI is InChI=1S/C9H14F3N3O4/c1-8(6(17)18,9(10,11)12)15-7(19)14-4-3-5(16)13-2/h3-4H2,1-2H3,(H,13,16)(H,17,18)(H2,14,15,19). The number of carboxylic acids is 1. The number of carboxylic acid groups (broad SMARTS) is 1. The van der Waals surface area contributed by atoms with Gasteiger partial charge in [-0.3, -0.25) is 4.79 Å². The van der Waals surface area contributed by atoms with Crippen LogP contribution < -0.4 is 16.0 Å². The molecule has 0 aliphatic heterocycles. The maximum absolute atomic E-state index is 12.5. The first-order valence-electron chi connectivity index (χ1n) is 5.11. The maximum atomic E-state index is 12.5. The van der Waals surface area contributed by atoms with Crippen LogP contribution in [0.1, 0.15) is 13.3 Å². The number of amides is 3. The van der Waals surface area contributed by atoms with E-state index in [0.29, 0.717) is 6.92 Å². The van der Waals surface area contributed by atoms with E-state index >= 15 is 0 Å². The number of urea groups is 1. The third-order valence-electron chi connectivity index (χ3n) is 2.27. The average molecular weight is 285 g/mol. The molecule has 0 fully saturated rings. The fraction of sp³-hybridized carbons (Fsp3) is 0.667. The Morgan fingerprint density at radius 2 is 1.74 bits per heavy atom. The molecule has 4 N–H and O–H groups in total. The molecule has 3 amide bonds. The Kier molecular flexibility index (Phi) is 5.59. The Morgan fingerprint density at radius 3 is 2.11 bits per heavy atom. The zero-order chi connectivity index (χ0) is 15.3. The molecule has 10 heteroatoms. The van der Waals surface area contributed by atoms with Gasteiger partial charge < -0.3 is 21.1 Å². The SMILES string of the molecule is CNC(=O)CCNC(=O)NC(C)(C(=O)O)C(F)(F)F. The van der Waals surface area contributed by atoms with E-state index in [9.17, 15) is 27.6 Å². The summed E-state index contributed by atoms with van der Waals surface area (Å²) in [5.41, 5.74) is -3.40. The van der Waals surface area contributed by atoms with Crippen LogP contribution in [0.2, 0.25) is 0 Å². The largest absolute Gasteiger partial charge is 0.479 e. The smallest absolute Gasteiger partial charge is 0.422 e. The Morgan fingerprint density at radius 1 is 1.21 bits per heavy atom. The molecule has 0 aromatic heterocycles. The number of hydrogen-bond acceptors (Lipinski definition) is 3. The predicted octanol–water partition coefficient (Wildman–Crippen LogP) is -0.173. The highest BCUT2D eigenvalue weighted by molar-refractivity contribution is 5.87.